The summed E-state index contributed by atoms with van der Waals surface area (Å²) in [6, 6.07) is 4.31. The molecule has 5 nitrogen and oxygen atoms in total. The van der Waals surface area contributed by atoms with E-state index < -0.39 is 12.0 Å². The molecule has 0 aliphatic rings. The summed E-state index contributed by atoms with van der Waals surface area (Å²) >= 11 is 0. The van der Waals surface area contributed by atoms with Gasteiger partial charge in [0.05, 0.1) is 13.7 Å². The summed E-state index contributed by atoms with van der Waals surface area (Å²) in [4.78, 5) is 22.9. The Bertz CT molecular complexity index is 471. The second-order valence-corrected chi connectivity index (χ2v) is 4.15. The Hall–Kier alpha value is -1.88. The quantitative estimate of drug-likeness (QED) is 0.620. The van der Waals surface area contributed by atoms with Crippen molar-refractivity contribution in [2.75, 3.05) is 13.7 Å². The van der Waals surface area contributed by atoms with E-state index in [0.717, 1.165) is 5.56 Å². The van der Waals surface area contributed by atoms with E-state index >= 15 is 0 Å². The van der Waals surface area contributed by atoms with E-state index in [9.17, 15) is 9.59 Å². The van der Waals surface area contributed by atoms with E-state index in [1.807, 2.05) is 0 Å². The largest absolute Gasteiger partial charge is 0.496 e. The molecular formula is C14H19NO4. The summed E-state index contributed by atoms with van der Waals surface area (Å²) in [7, 11) is 1.53. The van der Waals surface area contributed by atoms with Crippen LogP contribution in [0.4, 0.5) is 0 Å². The van der Waals surface area contributed by atoms with Crippen LogP contribution in [-0.2, 0) is 16.0 Å². The van der Waals surface area contributed by atoms with Crippen molar-refractivity contribution in [1.29, 1.82) is 0 Å². The van der Waals surface area contributed by atoms with Gasteiger partial charge < -0.3 is 15.2 Å². The lowest BCUT2D eigenvalue weighted by atomic mass is 10.0. The predicted molar refractivity (Wildman–Crippen MR) is 71.3 cm³/mol. The molecule has 0 spiro atoms. The molecule has 0 aromatic heterocycles. The first kappa shape index (κ1) is 15.2. The summed E-state index contributed by atoms with van der Waals surface area (Å²) < 4.78 is 10.1. The molecule has 0 saturated carbocycles. The number of methoxy groups -OCH3 is 1. The summed E-state index contributed by atoms with van der Waals surface area (Å²) in [6.45, 7) is 3.50. The molecule has 2 N–H and O–H groups in total. The number of esters is 1. The number of hydrogen-bond donors (Lipinski definition) is 1. The van der Waals surface area contributed by atoms with Gasteiger partial charge >= 0.3 is 5.97 Å². The molecule has 1 unspecified atom stereocenters. The Morgan fingerprint density at radius 1 is 1.37 bits per heavy atom. The van der Waals surface area contributed by atoms with Gasteiger partial charge in [-0.15, -0.1) is 0 Å². The Labute approximate surface area is 112 Å². The molecule has 19 heavy (non-hydrogen) atoms. The van der Waals surface area contributed by atoms with Gasteiger partial charge in [0, 0.05) is 12.0 Å². The van der Waals surface area contributed by atoms with E-state index in [0.29, 0.717) is 11.3 Å². The zero-order valence-electron chi connectivity index (χ0n) is 11.4. The van der Waals surface area contributed by atoms with Gasteiger partial charge in [0.1, 0.15) is 11.8 Å². The summed E-state index contributed by atoms with van der Waals surface area (Å²) in [5.41, 5.74) is 7.05. The number of hydrogen-bond acceptors (Lipinski definition) is 5. The number of ether oxygens (including phenoxy) is 2. The highest BCUT2D eigenvalue weighted by atomic mass is 16.5. The van der Waals surface area contributed by atoms with Crippen LogP contribution in [0.1, 0.15) is 29.8 Å². The van der Waals surface area contributed by atoms with Crippen molar-refractivity contribution < 1.29 is 19.1 Å². The van der Waals surface area contributed by atoms with Gasteiger partial charge in [0.2, 0.25) is 0 Å². The predicted octanol–water partition coefficient (Wildman–Crippen LogP) is 1.33. The third kappa shape index (κ3) is 4.06. The Morgan fingerprint density at radius 3 is 2.58 bits per heavy atom. The fraction of sp³-hybridized carbons (Fsp3) is 0.429. The third-order valence-corrected chi connectivity index (χ3v) is 2.72. The number of Topliss-reactive ketones (excluding diaryl/α,β-unsaturated/α-hetero) is 1. The molecule has 1 rings (SSSR count). The number of rotatable bonds is 6. The smallest absolute Gasteiger partial charge is 0.323 e. The van der Waals surface area contributed by atoms with Crippen molar-refractivity contribution in [3.8, 4) is 5.75 Å². The fourth-order valence-corrected chi connectivity index (χ4v) is 1.73. The van der Waals surface area contributed by atoms with Gasteiger partial charge in [-0.2, -0.15) is 0 Å². The van der Waals surface area contributed by atoms with Crippen LogP contribution in [-0.4, -0.2) is 31.5 Å². The molecule has 0 aliphatic carbocycles. The van der Waals surface area contributed by atoms with Crippen LogP contribution in [0.5, 0.6) is 5.75 Å². The summed E-state index contributed by atoms with van der Waals surface area (Å²) in [5.74, 6) is 0.0936. The molecule has 0 radical (unpaired) electrons. The maximum absolute atomic E-state index is 11.5. The molecule has 104 valence electrons. The summed E-state index contributed by atoms with van der Waals surface area (Å²) in [6.07, 6.45) is 0.267. The summed E-state index contributed by atoms with van der Waals surface area (Å²) in [5, 5.41) is 0. The molecule has 0 heterocycles. The van der Waals surface area contributed by atoms with Gasteiger partial charge in [0.25, 0.3) is 0 Å². The maximum Gasteiger partial charge on any atom is 0.323 e. The highest BCUT2D eigenvalue weighted by Crippen LogP contribution is 2.21. The minimum atomic E-state index is -0.768. The Morgan fingerprint density at radius 2 is 2.05 bits per heavy atom. The van der Waals surface area contributed by atoms with Gasteiger partial charge in [-0.05, 0) is 37.6 Å². The molecular weight excluding hydrogens is 246 g/mol. The van der Waals surface area contributed by atoms with Crippen LogP contribution in [0.3, 0.4) is 0 Å². The van der Waals surface area contributed by atoms with Crippen molar-refractivity contribution in [2.45, 2.75) is 26.3 Å². The average molecular weight is 265 g/mol. The van der Waals surface area contributed by atoms with Crippen LogP contribution in [0, 0.1) is 0 Å². The third-order valence-electron chi connectivity index (χ3n) is 2.72. The lowest BCUT2D eigenvalue weighted by Gasteiger charge is -2.14. The van der Waals surface area contributed by atoms with Gasteiger partial charge in [-0.1, -0.05) is 0 Å². The normalized spacial score (nSPS) is 11.8. The number of carbonyl (C=O) groups excluding carboxylic acids is 2. The van der Waals surface area contributed by atoms with E-state index in [-0.39, 0.29) is 18.8 Å². The van der Waals surface area contributed by atoms with Crippen LogP contribution < -0.4 is 10.5 Å². The lowest BCUT2D eigenvalue weighted by molar-refractivity contribution is -0.144. The van der Waals surface area contributed by atoms with Crippen molar-refractivity contribution in [3.63, 3.8) is 0 Å². The van der Waals surface area contributed by atoms with Crippen LogP contribution in [0.15, 0.2) is 18.2 Å². The number of carbonyl (C=O) groups is 2. The molecule has 5 heteroatoms. The minimum Gasteiger partial charge on any atom is -0.496 e. The number of nitrogens with two attached hydrogens (primary N) is 1. The standard InChI is InChI=1S/C14H19NO4/c1-4-19-14(17)12(15)8-11-7-10(9(2)16)5-6-13(11)18-3/h5-7,12H,4,8,15H2,1-3H3. The molecule has 1 aromatic carbocycles. The SMILES string of the molecule is CCOC(=O)C(N)Cc1cc(C(C)=O)ccc1OC. The average Bonchev–Trinajstić information content (AvgIpc) is 2.38. The van der Waals surface area contributed by atoms with Crippen LogP contribution in [0.2, 0.25) is 0 Å². The first-order valence-corrected chi connectivity index (χ1v) is 6.09. The van der Waals surface area contributed by atoms with E-state index in [2.05, 4.69) is 0 Å². The first-order chi connectivity index (χ1) is 8.99. The zero-order valence-corrected chi connectivity index (χ0v) is 11.4. The highest BCUT2D eigenvalue weighted by molar-refractivity contribution is 5.94. The molecule has 0 fully saturated rings. The van der Waals surface area contributed by atoms with Gasteiger partial charge in [0.15, 0.2) is 5.78 Å². The second-order valence-electron chi connectivity index (χ2n) is 4.15. The van der Waals surface area contributed by atoms with Crippen molar-refractivity contribution in [1.82, 2.24) is 0 Å². The first-order valence-electron chi connectivity index (χ1n) is 6.09. The monoisotopic (exact) mass is 265 g/mol. The molecule has 0 saturated heterocycles. The molecule has 1 aromatic rings. The van der Waals surface area contributed by atoms with Crippen LogP contribution in [0.25, 0.3) is 0 Å². The molecule has 1 atom stereocenters. The second kappa shape index (κ2) is 6.89. The van der Waals surface area contributed by atoms with Crippen molar-refractivity contribution in [2.24, 2.45) is 5.73 Å². The van der Waals surface area contributed by atoms with Gasteiger partial charge in [-0.25, -0.2) is 0 Å². The Kier molecular flexibility index (Phi) is 5.51. The highest BCUT2D eigenvalue weighted by Gasteiger charge is 2.18. The molecule has 0 aliphatic heterocycles. The number of ketones is 1. The lowest BCUT2D eigenvalue weighted by Crippen LogP contribution is -2.34. The van der Waals surface area contributed by atoms with Gasteiger partial charge in [-0.3, -0.25) is 9.59 Å². The Balaban J connectivity index is 2.94. The molecule has 0 bridgehead atoms. The fourth-order valence-electron chi connectivity index (χ4n) is 1.73. The van der Waals surface area contributed by atoms with E-state index in [1.165, 1.54) is 14.0 Å². The zero-order chi connectivity index (χ0) is 14.4. The topological polar surface area (TPSA) is 78.6 Å². The van der Waals surface area contributed by atoms with E-state index in [4.69, 9.17) is 15.2 Å². The maximum atomic E-state index is 11.5. The number of benzene rings is 1. The van der Waals surface area contributed by atoms with Crippen molar-refractivity contribution >= 4 is 11.8 Å². The molecule has 0 amide bonds. The minimum absolute atomic E-state index is 0.0476. The van der Waals surface area contributed by atoms with E-state index in [1.54, 1.807) is 25.1 Å². The van der Waals surface area contributed by atoms with Crippen LogP contribution >= 0.6 is 0 Å². The van der Waals surface area contributed by atoms with Crippen molar-refractivity contribution in [3.05, 3.63) is 29.3 Å².